The normalized spacial score (nSPS) is 10.2. The summed E-state index contributed by atoms with van der Waals surface area (Å²) in [6, 6.07) is 6.30. The van der Waals surface area contributed by atoms with Crippen LogP contribution in [0.5, 0.6) is 0 Å². The molecule has 0 unspecified atom stereocenters. The van der Waals surface area contributed by atoms with Gasteiger partial charge in [0.15, 0.2) is 0 Å². The van der Waals surface area contributed by atoms with Crippen LogP contribution in [0.25, 0.3) is 11.1 Å². The predicted octanol–water partition coefficient (Wildman–Crippen LogP) is 3.58. The quantitative estimate of drug-likeness (QED) is 0.709. The molecule has 0 heterocycles. The monoisotopic (exact) mass is 250 g/mol. The van der Waals surface area contributed by atoms with Crippen molar-refractivity contribution in [1.82, 2.24) is 0 Å². The molecule has 0 aromatic heterocycles. The number of hydrogen-bond donors (Lipinski definition) is 0. The van der Waals surface area contributed by atoms with Gasteiger partial charge in [-0.05, 0) is 24.3 Å². The van der Waals surface area contributed by atoms with Gasteiger partial charge >= 0.3 is 0 Å². The molecule has 1 radical (unpaired) electrons. The first-order valence-corrected chi connectivity index (χ1v) is 4.79. The van der Waals surface area contributed by atoms with Crippen molar-refractivity contribution in [2.24, 2.45) is 0 Å². The third-order valence-electron chi connectivity index (χ3n) is 2.31. The first-order valence-electron chi connectivity index (χ1n) is 4.79. The maximum Gasteiger partial charge on any atom is 0.135 e. The van der Waals surface area contributed by atoms with Crippen molar-refractivity contribution < 1.29 is 17.6 Å². The summed E-state index contributed by atoms with van der Waals surface area (Å²) in [5.74, 6) is -4.19. The zero-order chi connectivity index (χ0) is 13.3. The SMILES string of the molecule is N#Cc1cc(F)c(-c2cc(F)[c]cc2F)c(F)c1. The van der Waals surface area contributed by atoms with Gasteiger partial charge in [-0.3, -0.25) is 0 Å². The Morgan fingerprint density at radius 2 is 1.56 bits per heavy atom. The Morgan fingerprint density at radius 1 is 0.944 bits per heavy atom. The predicted molar refractivity (Wildman–Crippen MR) is 55.3 cm³/mol. The van der Waals surface area contributed by atoms with Crippen LogP contribution >= 0.6 is 0 Å². The van der Waals surface area contributed by atoms with Crippen LogP contribution in [-0.4, -0.2) is 0 Å². The smallest absolute Gasteiger partial charge is 0.135 e. The van der Waals surface area contributed by atoms with E-state index in [1.165, 1.54) is 0 Å². The van der Waals surface area contributed by atoms with Gasteiger partial charge in [0.05, 0.1) is 17.2 Å². The van der Waals surface area contributed by atoms with E-state index in [0.717, 1.165) is 12.1 Å². The van der Waals surface area contributed by atoms with Crippen LogP contribution < -0.4 is 0 Å². The fourth-order valence-electron chi connectivity index (χ4n) is 1.53. The second-order valence-electron chi connectivity index (χ2n) is 3.47. The van der Waals surface area contributed by atoms with Gasteiger partial charge in [0.2, 0.25) is 0 Å². The molecule has 5 heteroatoms. The summed E-state index contributed by atoms with van der Waals surface area (Å²) >= 11 is 0. The third-order valence-corrected chi connectivity index (χ3v) is 2.31. The average Bonchev–Trinajstić information content (AvgIpc) is 2.32. The van der Waals surface area contributed by atoms with E-state index in [2.05, 4.69) is 0 Å². The van der Waals surface area contributed by atoms with Crippen LogP contribution in [0.15, 0.2) is 24.3 Å². The van der Waals surface area contributed by atoms with E-state index in [0.29, 0.717) is 12.1 Å². The largest absolute Gasteiger partial charge is 0.206 e. The molecule has 2 rings (SSSR count). The van der Waals surface area contributed by atoms with E-state index in [1.807, 2.05) is 6.07 Å². The number of nitrogens with zero attached hydrogens (tertiary/aromatic N) is 1. The van der Waals surface area contributed by atoms with Crippen molar-refractivity contribution >= 4 is 0 Å². The minimum Gasteiger partial charge on any atom is -0.206 e. The first kappa shape index (κ1) is 12.1. The Balaban J connectivity index is 2.72. The van der Waals surface area contributed by atoms with Crippen molar-refractivity contribution in [3.05, 3.63) is 59.2 Å². The van der Waals surface area contributed by atoms with Crippen molar-refractivity contribution in [1.29, 1.82) is 5.26 Å². The lowest BCUT2D eigenvalue weighted by molar-refractivity contribution is 0.576. The summed E-state index contributed by atoms with van der Waals surface area (Å²) in [6.45, 7) is 0. The molecule has 89 valence electrons. The molecule has 0 N–H and O–H groups in total. The minimum atomic E-state index is -1.13. The number of benzene rings is 2. The molecule has 0 saturated carbocycles. The molecule has 0 spiro atoms. The molecule has 18 heavy (non-hydrogen) atoms. The van der Waals surface area contributed by atoms with Crippen molar-refractivity contribution in [2.75, 3.05) is 0 Å². The van der Waals surface area contributed by atoms with Crippen LogP contribution in [0, 0.1) is 40.7 Å². The van der Waals surface area contributed by atoms with Gasteiger partial charge in [-0.25, -0.2) is 17.6 Å². The summed E-state index contributed by atoms with van der Waals surface area (Å²) in [5, 5.41) is 8.52. The number of rotatable bonds is 1. The highest BCUT2D eigenvalue weighted by Gasteiger charge is 2.17. The zero-order valence-electron chi connectivity index (χ0n) is 8.77. The number of nitriles is 1. The van der Waals surface area contributed by atoms with E-state index >= 15 is 0 Å². The molecule has 0 fully saturated rings. The van der Waals surface area contributed by atoms with Gasteiger partial charge in [-0.15, -0.1) is 0 Å². The van der Waals surface area contributed by atoms with Gasteiger partial charge in [-0.2, -0.15) is 5.26 Å². The van der Waals surface area contributed by atoms with E-state index in [-0.39, 0.29) is 5.56 Å². The van der Waals surface area contributed by atoms with Crippen molar-refractivity contribution in [3.63, 3.8) is 0 Å². The Kier molecular flexibility index (Phi) is 3.02. The lowest BCUT2D eigenvalue weighted by Crippen LogP contribution is -1.95. The summed E-state index contributed by atoms with van der Waals surface area (Å²) in [7, 11) is 0. The number of halogens is 4. The van der Waals surface area contributed by atoms with Gasteiger partial charge in [0.25, 0.3) is 0 Å². The molecule has 0 amide bonds. The molecular formula is C13H4F4N. The standard InChI is InChI=1S/C13H4F4N/c14-8-1-2-10(15)9(5-8)13-11(16)3-7(6-18)4-12(13)17/h2-5H. The molecule has 0 aliphatic rings. The highest BCUT2D eigenvalue weighted by molar-refractivity contribution is 5.66. The van der Waals surface area contributed by atoms with Gasteiger partial charge in [0, 0.05) is 11.6 Å². The molecule has 2 aromatic rings. The molecule has 0 atom stereocenters. The first-order chi connectivity index (χ1) is 8.52. The second kappa shape index (κ2) is 4.49. The van der Waals surface area contributed by atoms with Crippen molar-refractivity contribution in [2.45, 2.75) is 0 Å². The topological polar surface area (TPSA) is 23.8 Å². The lowest BCUT2D eigenvalue weighted by atomic mass is 10.0. The Morgan fingerprint density at radius 3 is 2.11 bits per heavy atom. The molecule has 0 bridgehead atoms. The summed E-state index contributed by atoms with van der Waals surface area (Å²) in [4.78, 5) is 0. The van der Waals surface area contributed by atoms with Crippen LogP contribution in [0.4, 0.5) is 17.6 Å². The lowest BCUT2D eigenvalue weighted by Gasteiger charge is -2.07. The maximum atomic E-state index is 13.6. The highest BCUT2D eigenvalue weighted by atomic mass is 19.1. The second-order valence-corrected chi connectivity index (χ2v) is 3.47. The molecule has 0 saturated heterocycles. The Labute approximate surface area is 99.9 Å². The van der Waals surface area contributed by atoms with E-state index in [9.17, 15) is 17.6 Å². The summed E-state index contributed by atoms with van der Waals surface area (Å²) < 4.78 is 53.5. The Hall–Kier alpha value is -2.35. The molecular weight excluding hydrogens is 246 g/mol. The third kappa shape index (κ3) is 2.05. The van der Waals surface area contributed by atoms with Gasteiger partial charge in [0.1, 0.15) is 23.3 Å². The summed E-state index contributed by atoms with van der Waals surface area (Å²) in [6.07, 6.45) is 0. The Bertz CT molecular complexity index is 636. The number of hydrogen-bond acceptors (Lipinski definition) is 1. The molecule has 0 aliphatic carbocycles. The van der Waals surface area contributed by atoms with E-state index < -0.39 is 34.4 Å². The minimum absolute atomic E-state index is 0.239. The fraction of sp³-hybridized carbons (Fsp3) is 0. The average molecular weight is 250 g/mol. The molecule has 0 aliphatic heterocycles. The van der Waals surface area contributed by atoms with Gasteiger partial charge < -0.3 is 0 Å². The molecule has 1 nitrogen and oxygen atoms in total. The molecule has 2 aromatic carbocycles. The van der Waals surface area contributed by atoms with Gasteiger partial charge in [-0.1, -0.05) is 0 Å². The van der Waals surface area contributed by atoms with Crippen molar-refractivity contribution in [3.8, 4) is 17.2 Å². The van der Waals surface area contributed by atoms with Crippen LogP contribution in [0.1, 0.15) is 5.56 Å². The van der Waals surface area contributed by atoms with E-state index in [4.69, 9.17) is 5.26 Å². The zero-order valence-corrected chi connectivity index (χ0v) is 8.77. The fourth-order valence-corrected chi connectivity index (χ4v) is 1.53. The van der Waals surface area contributed by atoms with Crippen LogP contribution in [0.3, 0.4) is 0 Å². The summed E-state index contributed by atoms with van der Waals surface area (Å²) in [5.41, 5.74) is -1.50. The van der Waals surface area contributed by atoms with Crippen LogP contribution in [-0.2, 0) is 0 Å². The highest BCUT2D eigenvalue weighted by Crippen LogP contribution is 2.29. The van der Waals surface area contributed by atoms with Crippen LogP contribution in [0.2, 0.25) is 0 Å². The maximum absolute atomic E-state index is 13.6. The van der Waals surface area contributed by atoms with E-state index in [1.54, 1.807) is 6.07 Å².